The summed E-state index contributed by atoms with van der Waals surface area (Å²) in [6.07, 6.45) is 0. The van der Waals surface area contributed by atoms with Gasteiger partial charge >= 0.3 is 0 Å². The van der Waals surface area contributed by atoms with Gasteiger partial charge in [0.1, 0.15) is 5.75 Å². The molecule has 0 fully saturated rings. The minimum absolute atomic E-state index is 0.0907. The molecule has 0 saturated carbocycles. The van der Waals surface area contributed by atoms with E-state index in [4.69, 9.17) is 14.2 Å². The predicted octanol–water partition coefficient (Wildman–Crippen LogP) is 3.54. The number of hydrogen-bond donors (Lipinski definition) is 2. The molecule has 0 spiro atoms. The normalized spacial score (nSPS) is 12.3. The zero-order valence-electron chi connectivity index (χ0n) is 16.6. The highest BCUT2D eigenvalue weighted by molar-refractivity contribution is 7.92. The minimum atomic E-state index is -3.74. The minimum Gasteiger partial charge on any atom is -0.484 e. The summed E-state index contributed by atoms with van der Waals surface area (Å²) in [7, 11) is -3.74. The summed E-state index contributed by atoms with van der Waals surface area (Å²) >= 11 is 0. The summed E-state index contributed by atoms with van der Waals surface area (Å²) in [6, 6.07) is 18.0. The summed E-state index contributed by atoms with van der Waals surface area (Å²) in [4.78, 5) is 12.2. The zero-order chi connectivity index (χ0) is 21.8. The summed E-state index contributed by atoms with van der Waals surface area (Å²) in [5, 5.41) is 2.70. The molecule has 1 heterocycles. The first-order chi connectivity index (χ1) is 14.9. The van der Waals surface area contributed by atoms with Crippen molar-refractivity contribution in [2.45, 2.75) is 11.8 Å². The van der Waals surface area contributed by atoms with Crippen LogP contribution < -0.4 is 24.2 Å². The number of amides is 1. The smallest absolute Gasteiger partial charge is 0.262 e. The van der Waals surface area contributed by atoms with Gasteiger partial charge < -0.3 is 19.5 Å². The van der Waals surface area contributed by atoms with Crippen molar-refractivity contribution >= 4 is 27.3 Å². The average molecular weight is 440 g/mol. The molecule has 31 heavy (non-hydrogen) atoms. The van der Waals surface area contributed by atoms with Crippen LogP contribution in [0.1, 0.15) is 5.56 Å². The first-order valence-electron chi connectivity index (χ1n) is 9.41. The van der Waals surface area contributed by atoms with Gasteiger partial charge in [0.05, 0.1) is 10.6 Å². The van der Waals surface area contributed by atoms with Crippen molar-refractivity contribution in [3.63, 3.8) is 0 Å². The number of ether oxygens (including phenoxy) is 3. The molecular weight excluding hydrogens is 420 g/mol. The lowest BCUT2D eigenvalue weighted by atomic mass is 10.2. The number of carbonyl (C=O) groups excluding carboxylic acids is 1. The van der Waals surface area contributed by atoms with Gasteiger partial charge in [-0.25, -0.2) is 8.42 Å². The van der Waals surface area contributed by atoms with Gasteiger partial charge in [0.2, 0.25) is 6.79 Å². The molecule has 2 N–H and O–H groups in total. The Balaban J connectivity index is 1.34. The van der Waals surface area contributed by atoms with E-state index in [1.807, 2.05) is 19.1 Å². The standard InChI is InChI=1S/C22H20N2O6S/c1-15-4-2-3-5-19(15)24-31(26,27)18-9-7-17(8-10-18)28-13-22(25)23-16-6-11-20-21(12-16)30-14-29-20/h2-12,24H,13-14H2,1H3,(H,23,25). The maximum atomic E-state index is 12.6. The number of aryl methyl sites for hydroxylation is 1. The highest BCUT2D eigenvalue weighted by Crippen LogP contribution is 2.34. The molecule has 1 aliphatic heterocycles. The van der Waals surface area contributed by atoms with Crippen molar-refractivity contribution in [1.82, 2.24) is 0 Å². The fourth-order valence-corrected chi connectivity index (χ4v) is 4.06. The maximum absolute atomic E-state index is 12.6. The van der Waals surface area contributed by atoms with Crippen LogP contribution in [0.25, 0.3) is 0 Å². The molecule has 1 aliphatic rings. The maximum Gasteiger partial charge on any atom is 0.262 e. The fraction of sp³-hybridized carbons (Fsp3) is 0.136. The number of rotatable bonds is 7. The van der Waals surface area contributed by atoms with Crippen molar-refractivity contribution < 1.29 is 27.4 Å². The molecule has 0 bridgehead atoms. The van der Waals surface area contributed by atoms with E-state index in [1.165, 1.54) is 24.3 Å². The Morgan fingerprint density at radius 2 is 1.74 bits per heavy atom. The molecule has 160 valence electrons. The molecule has 0 atom stereocenters. The molecule has 9 heteroatoms. The Morgan fingerprint density at radius 1 is 1.00 bits per heavy atom. The highest BCUT2D eigenvalue weighted by atomic mass is 32.2. The van der Waals surface area contributed by atoms with Crippen LogP contribution in [0.3, 0.4) is 0 Å². The number of carbonyl (C=O) groups is 1. The topological polar surface area (TPSA) is 103 Å². The van der Waals surface area contributed by atoms with Crippen molar-refractivity contribution in [1.29, 1.82) is 0 Å². The van der Waals surface area contributed by atoms with Crippen LogP contribution in [0.5, 0.6) is 17.2 Å². The third-order valence-electron chi connectivity index (χ3n) is 4.55. The summed E-state index contributed by atoms with van der Waals surface area (Å²) in [6.45, 7) is 1.74. The van der Waals surface area contributed by atoms with Crippen molar-refractivity contribution in [2.24, 2.45) is 0 Å². The van der Waals surface area contributed by atoms with E-state index in [0.29, 0.717) is 28.6 Å². The second-order valence-electron chi connectivity index (χ2n) is 6.80. The van der Waals surface area contributed by atoms with Crippen LogP contribution in [0.4, 0.5) is 11.4 Å². The summed E-state index contributed by atoms with van der Waals surface area (Å²) in [5.74, 6) is 1.20. The van der Waals surface area contributed by atoms with E-state index in [9.17, 15) is 13.2 Å². The Bertz CT molecular complexity index is 1210. The van der Waals surface area contributed by atoms with Gasteiger partial charge in [0.25, 0.3) is 15.9 Å². The Labute approximate surface area is 179 Å². The number of hydrogen-bond acceptors (Lipinski definition) is 6. The Hall–Kier alpha value is -3.72. The van der Waals surface area contributed by atoms with Gasteiger partial charge in [-0.2, -0.15) is 0 Å². The molecular formula is C22H20N2O6S. The van der Waals surface area contributed by atoms with Crippen molar-refractivity contribution in [2.75, 3.05) is 23.4 Å². The summed E-state index contributed by atoms with van der Waals surface area (Å²) < 4.78 is 43.7. The molecule has 0 saturated heterocycles. The third-order valence-corrected chi connectivity index (χ3v) is 5.93. The van der Waals surface area contributed by atoms with Crippen LogP contribution in [-0.2, 0) is 14.8 Å². The quantitative estimate of drug-likeness (QED) is 0.583. The Morgan fingerprint density at radius 3 is 2.52 bits per heavy atom. The average Bonchev–Trinajstić information content (AvgIpc) is 3.22. The van der Waals surface area contributed by atoms with Gasteiger partial charge in [-0.1, -0.05) is 18.2 Å². The number of anilines is 2. The lowest BCUT2D eigenvalue weighted by molar-refractivity contribution is -0.118. The lowest BCUT2D eigenvalue weighted by Crippen LogP contribution is -2.20. The number of nitrogens with one attached hydrogen (secondary N) is 2. The van der Waals surface area contributed by atoms with Crippen LogP contribution >= 0.6 is 0 Å². The number of sulfonamides is 1. The van der Waals surface area contributed by atoms with Crippen LogP contribution in [-0.4, -0.2) is 27.7 Å². The van der Waals surface area contributed by atoms with Gasteiger partial charge in [-0.05, 0) is 55.0 Å². The highest BCUT2D eigenvalue weighted by Gasteiger charge is 2.16. The third kappa shape index (κ3) is 4.89. The summed E-state index contributed by atoms with van der Waals surface area (Å²) in [5.41, 5.74) is 1.89. The second kappa shape index (κ2) is 8.57. The van der Waals surface area contributed by atoms with Gasteiger partial charge in [0.15, 0.2) is 18.1 Å². The Kier molecular flexibility index (Phi) is 5.68. The van der Waals surface area contributed by atoms with Gasteiger partial charge in [-0.3, -0.25) is 9.52 Å². The molecule has 3 aromatic rings. The van der Waals surface area contributed by atoms with Gasteiger partial charge in [0, 0.05) is 11.8 Å². The second-order valence-corrected chi connectivity index (χ2v) is 8.48. The SMILES string of the molecule is Cc1ccccc1NS(=O)(=O)c1ccc(OCC(=O)Nc2ccc3c(c2)OCO3)cc1. The molecule has 0 radical (unpaired) electrons. The van der Waals surface area contributed by atoms with E-state index in [-0.39, 0.29) is 24.2 Å². The van der Waals surface area contributed by atoms with E-state index < -0.39 is 10.0 Å². The number of fused-ring (bicyclic) bond motifs is 1. The van der Waals surface area contributed by atoms with Crippen LogP contribution in [0.15, 0.2) is 71.6 Å². The van der Waals surface area contributed by atoms with E-state index >= 15 is 0 Å². The number of para-hydroxylation sites is 1. The lowest BCUT2D eigenvalue weighted by Gasteiger charge is -2.11. The number of benzene rings is 3. The molecule has 0 aromatic heterocycles. The molecule has 8 nitrogen and oxygen atoms in total. The largest absolute Gasteiger partial charge is 0.484 e. The van der Waals surface area contributed by atoms with Crippen molar-refractivity contribution in [3.05, 3.63) is 72.3 Å². The molecule has 4 rings (SSSR count). The van der Waals surface area contributed by atoms with E-state index in [1.54, 1.807) is 30.3 Å². The van der Waals surface area contributed by atoms with Crippen LogP contribution in [0, 0.1) is 6.92 Å². The predicted molar refractivity (Wildman–Crippen MR) is 115 cm³/mol. The molecule has 1 amide bonds. The molecule has 3 aromatic carbocycles. The van der Waals surface area contributed by atoms with Gasteiger partial charge in [-0.15, -0.1) is 0 Å². The van der Waals surface area contributed by atoms with Crippen LogP contribution in [0.2, 0.25) is 0 Å². The molecule has 0 aliphatic carbocycles. The fourth-order valence-electron chi connectivity index (χ4n) is 2.93. The van der Waals surface area contributed by atoms with E-state index in [2.05, 4.69) is 10.0 Å². The zero-order valence-corrected chi connectivity index (χ0v) is 17.4. The van der Waals surface area contributed by atoms with E-state index in [0.717, 1.165) is 5.56 Å². The molecule has 0 unspecified atom stereocenters. The van der Waals surface area contributed by atoms with Crippen molar-refractivity contribution in [3.8, 4) is 17.2 Å². The first kappa shape index (κ1) is 20.5. The monoisotopic (exact) mass is 440 g/mol. The first-order valence-corrected chi connectivity index (χ1v) is 10.9.